The third-order valence-electron chi connectivity index (χ3n) is 6.71. The molecule has 1 aliphatic rings. The highest BCUT2D eigenvalue weighted by atomic mass is 32.2. The van der Waals surface area contributed by atoms with Gasteiger partial charge >= 0.3 is 5.97 Å². The van der Waals surface area contributed by atoms with Gasteiger partial charge in [-0.2, -0.15) is 0 Å². The summed E-state index contributed by atoms with van der Waals surface area (Å²) < 4.78 is 44.7. The number of ether oxygens (including phenoxy) is 1. The number of hydrogen-bond acceptors (Lipinski definition) is 6. The number of nitrogens with zero attached hydrogens (tertiary/aromatic N) is 2. The number of carbonyl (C=O) groups excluding carboxylic acids is 1. The van der Waals surface area contributed by atoms with Crippen molar-refractivity contribution >= 4 is 38.1 Å². The highest BCUT2D eigenvalue weighted by Crippen LogP contribution is 2.49. The van der Waals surface area contributed by atoms with E-state index in [1.165, 1.54) is 25.5 Å². The van der Waals surface area contributed by atoms with E-state index in [9.17, 15) is 22.4 Å². The van der Waals surface area contributed by atoms with Gasteiger partial charge in [0, 0.05) is 65.6 Å². The van der Waals surface area contributed by atoms with Gasteiger partial charge in [0.15, 0.2) is 9.84 Å². The van der Waals surface area contributed by atoms with E-state index in [1.807, 2.05) is 23.2 Å². The first-order valence-electron chi connectivity index (χ1n) is 11.7. The fourth-order valence-electron chi connectivity index (χ4n) is 5.21. The number of sulfone groups is 1. The fraction of sp³-hybridized carbons (Fsp3) is 0.259. The SMILES string of the molecule is COC(=O)CCC1c2c[nH]c(=O)c3c2c(cn3C)-c2cc(CS(C)(=O)=O)ccc2N1c1ccc(F)cc1. The lowest BCUT2D eigenvalue weighted by Gasteiger charge is -2.34. The molecule has 3 heterocycles. The summed E-state index contributed by atoms with van der Waals surface area (Å²) in [5, 5.41) is 0.725. The molecule has 5 rings (SSSR count). The van der Waals surface area contributed by atoms with Gasteiger partial charge < -0.3 is 19.2 Å². The Hall–Kier alpha value is -3.92. The minimum absolute atomic E-state index is 0.114. The molecule has 0 spiro atoms. The highest BCUT2D eigenvalue weighted by molar-refractivity contribution is 7.89. The number of methoxy groups -OCH3 is 1. The normalized spacial score (nSPS) is 14.9. The number of esters is 1. The van der Waals surface area contributed by atoms with E-state index in [4.69, 9.17) is 4.74 Å². The Bertz CT molecular complexity index is 1690. The third-order valence-corrected chi connectivity index (χ3v) is 7.57. The molecule has 1 atom stereocenters. The zero-order valence-corrected chi connectivity index (χ0v) is 21.4. The van der Waals surface area contributed by atoms with E-state index in [0.717, 1.165) is 27.8 Å². The van der Waals surface area contributed by atoms with Crippen LogP contribution in [0.1, 0.15) is 30.0 Å². The number of anilines is 2. The highest BCUT2D eigenvalue weighted by Gasteiger charge is 2.33. The van der Waals surface area contributed by atoms with Crippen molar-refractivity contribution in [3.8, 4) is 11.1 Å². The van der Waals surface area contributed by atoms with Gasteiger partial charge in [0.25, 0.3) is 5.56 Å². The largest absolute Gasteiger partial charge is 0.469 e. The second kappa shape index (κ2) is 9.19. The van der Waals surface area contributed by atoms with Crippen molar-refractivity contribution in [3.63, 3.8) is 0 Å². The van der Waals surface area contributed by atoms with Gasteiger partial charge in [0.1, 0.15) is 11.3 Å². The van der Waals surface area contributed by atoms with Crippen LogP contribution in [-0.4, -0.2) is 37.3 Å². The van der Waals surface area contributed by atoms with Crippen LogP contribution in [0.3, 0.4) is 0 Å². The van der Waals surface area contributed by atoms with Gasteiger partial charge in [-0.3, -0.25) is 9.59 Å². The number of pyridine rings is 1. The van der Waals surface area contributed by atoms with Crippen LogP contribution in [0.5, 0.6) is 0 Å². The van der Waals surface area contributed by atoms with E-state index in [2.05, 4.69) is 4.98 Å². The molecule has 1 aliphatic heterocycles. The van der Waals surface area contributed by atoms with Crippen molar-refractivity contribution in [1.29, 1.82) is 0 Å². The zero-order valence-electron chi connectivity index (χ0n) is 20.6. The topological polar surface area (TPSA) is 101 Å². The molecule has 0 fully saturated rings. The van der Waals surface area contributed by atoms with E-state index >= 15 is 0 Å². The van der Waals surface area contributed by atoms with E-state index in [1.54, 1.807) is 36.0 Å². The number of fused-ring (bicyclic) bond motifs is 2. The van der Waals surface area contributed by atoms with E-state index in [-0.39, 0.29) is 29.5 Å². The Morgan fingerprint density at radius 2 is 1.86 bits per heavy atom. The number of aromatic nitrogens is 2. The molecule has 1 N–H and O–H groups in total. The molecule has 192 valence electrons. The molecule has 1 unspecified atom stereocenters. The quantitative estimate of drug-likeness (QED) is 0.377. The number of halogens is 1. The summed E-state index contributed by atoms with van der Waals surface area (Å²) in [4.78, 5) is 29.9. The van der Waals surface area contributed by atoms with Gasteiger partial charge in [-0.05, 0) is 48.4 Å². The number of H-pyrrole nitrogens is 1. The standard InChI is InChI=1S/C27H26FN3O5S/c1-30-14-21-19-12-16(15-37(3,34)35)4-9-22(19)31(18-7-5-17(28)6-8-18)23(10-11-24(32)36-2)20-13-29-27(33)26(30)25(20)21/h4-9,12-14,23H,10-11,15H2,1-3H3,(H,29,33). The minimum Gasteiger partial charge on any atom is -0.469 e. The molecule has 0 saturated heterocycles. The summed E-state index contributed by atoms with van der Waals surface area (Å²) in [5.41, 5.74) is 4.55. The maximum absolute atomic E-state index is 13.9. The molecule has 0 aliphatic carbocycles. The maximum Gasteiger partial charge on any atom is 0.305 e. The first kappa shape index (κ1) is 24.8. The molecule has 0 amide bonds. The minimum atomic E-state index is -3.30. The Kier molecular flexibility index (Phi) is 6.15. The predicted octanol–water partition coefficient (Wildman–Crippen LogP) is 4.36. The molecular weight excluding hydrogens is 497 g/mol. The van der Waals surface area contributed by atoms with Crippen LogP contribution >= 0.6 is 0 Å². The number of nitrogens with one attached hydrogen (secondary N) is 1. The second-order valence-electron chi connectivity index (χ2n) is 9.35. The van der Waals surface area contributed by atoms with Crippen LogP contribution in [0.25, 0.3) is 22.0 Å². The Balaban J connectivity index is 1.85. The van der Waals surface area contributed by atoms with Crippen LogP contribution in [-0.2, 0) is 32.2 Å². The molecule has 2 aromatic carbocycles. The third kappa shape index (κ3) is 4.53. The molecule has 0 radical (unpaired) electrons. The monoisotopic (exact) mass is 523 g/mol. The molecular formula is C27H26FN3O5S. The second-order valence-corrected chi connectivity index (χ2v) is 11.5. The van der Waals surface area contributed by atoms with Crippen LogP contribution < -0.4 is 10.5 Å². The smallest absolute Gasteiger partial charge is 0.305 e. The van der Waals surface area contributed by atoms with Gasteiger partial charge in [0.2, 0.25) is 0 Å². The maximum atomic E-state index is 13.9. The van der Waals surface area contributed by atoms with Crippen molar-refractivity contribution in [2.24, 2.45) is 7.05 Å². The van der Waals surface area contributed by atoms with Crippen molar-refractivity contribution in [3.05, 3.63) is 82.2 Å². The molecule has 10 heteroatoms. The summed E-state index contributed by atoms with van der Waals surface area (Å²) in [6.45, 7) is 0. The van der Waals surface area contributed by atoms with E-state index < -0.39 is 15.9 Å². The van der Waals surface area contributed by atoms with Crippen molar-refractivity contribution in [2.45, 2.75) is 24.6 Å². The number of rotatable bonds is 6. The van der Waals surface area contributed by atoms with Gasteiger partial charge in [-0.1, -0.05) is 6.07 Å². The van der Waals surface area contributed by atoms with Crippen LogP contribution in [0, 0.1) is 5.82 Å². The molecule has 37 heavy (non-hydrogen) atoms. The molecule has 2 aromatic heterocycles. The van der Waals surface area contributed by atoms with Crippen molar-refractivity contribution in [1.82, 2.24) is 9.55 Å². The van der Waals surface area contributed by atoms with Crippen LogP contribution in [0.4, 0.5) is 15.8 Å². The molecule has 8 nitrogen and oxygen atoms in total. The zero-order chi connectivity index (χ0) is 26.5. The Morgan fingerprint density at radius 1 is 1.14 bits per heavy atom. The molecule has 0 bridgehead atoms. The molecule has 0 saturated carbocycles. The summed E-state index contributed by atoms with van der Waals surface area (Å²) in [7, 11) is -0.178. The first-order chi connectivity index (χ1) is 17.6. The van der Waals surface area contributed by atoms with E-state index in [0.29, 0.717) is 23.2 Å². The van der Waals surface area contributed by atoms with Gasteiger partial charge in [-0.25, -0.2) is 12.8 Å². The van der Waals surface area contributed by atoms with Crippen molar-refractivity contribution in [2.75, 3.05) is 18.3 Å². The number of aryl methyl sites for hydroxylation is 1. The Labute approximate surface area is 213 Å². The van der Waals surface area contributed by atoms with Gasteiger partial charge in [0.05, 0.1) is 18.9 Å². The lowest BCUT2D eigenvalue weighted by molar-refractivity contribution is -0.140. The molecule has 4 aromatic rings. The Morgan fingerprint density at radius 3 is 2.54 bits per heavy atom. The number of benzene rings is 2. The summed E-state index contributed by atoms with van der Waals surface area (Å²) >= 11 is 0. The van der Waals surface area contributed by atoms with Crippen LogP contribution in [0.15, 0.2) is 59.7 Å². The summed E-state index contributed by atoms with van der Waals surface area (Å²) in [6, 6.07) is 11.1. The number of aromatic amines is 1. The summed E-state index contributed by atoms with van der Waals surface area (Å²) in [6.07, 6.45) is 5.17. The average Bonchev–Trinajstić information content (AvgIpc) is 3.15. The first-order valence-corrected chi connectivity index (χ1v) is 13.8. The lowest BCUT2D eigenvalue weighted by Crippen LogP contribution is -2.26. The lowest BCUT2D eigenvalue weighted by atomic mass is 9.97. The average molecular weight is 524 g/mol. The summed E-state index contributed by atoms with van der Waals surface area (Å²) in [5.74, 6) is -0.898. The number of carbonyl (C=O) groups is 1. The van der Waals surface area contributed by atoms with Crippen molar-refractivity contribution < 1.29 is 22.3 Å². The predicted molar refractivity (Wildman–Crippen MR) is 140 cm³/mol. The van der Waals surface area contributed by atoms with Crippen LogP contribution in [0.2, 0.25) is 0 Å². The number of hydrogen-bond donors (Lipinski definition) is 1. The fourth-order valence-corrected chi connectivity index (χ4v) is 6.00. The van der Waals surface area contributed by atoms with Gasteiger partial charge in [-0.15, -0.1) is 0 Å².